The molecule has 2 aromatic carbocycles. The topological polar surface area (TPSA) is 49.4 Å². The van der Waals surface area contributed by atoms with Crippen LogP contribution in [-0.4, -0.2) is 18.4 Å². The van der Waals surface area contributed by atoms with Gasteiger partial charge in [0.15, 0.2) is 0 Å². The first kappa shape index (κ1) is 16.3. The van der Waals surface area contributed by atoms with E-state index < -0.39 is 0 Å². The number of anilines is 2. The average molecular weight is 337 g/mol. The van der Waals surface area contributed by atoms with Gasteiger partial charge in [0.25, 0.3) is 0 Å². The van der Waals surface area contributed by atoms with Gasteiger partial charge in [-0.25, -0.2) is 0 Å². The zero-order valence-electron chi connectivity index (χ0n) is 11.8. The summed E-state index contributed by atoms with van der Waals surface area (Å²) in [6.07, 6.45) is 0. The molecule has 2 rings (SSSR count). The van der Waals surface area contributed by atoms with E-state index in [4.69, 9.17) is 23.2 Å². The van der Waals surface area contributed by atoms with Crippen LogP contribution in [0.15, 0.2) is 48.5 Å². The maximum absolute atomic E-state index is 12.1. The quantitative estimate of drug-likeness (QED) is 0.917. The van der Waals surface area contributed by atoms with Crippen LogP contribution in [0.3, 0.4) is 0 Å². The molecular formula is C16H14Cl2N2O2. The minimum absolute atomic E-state index is 0.0938. The van der Waals surface area contributed by atoms with E-state index >= 15 is 0 Å². The number of rotatable bonds is 4. The Morgan fingerprint density at radius 3 is 2.18 bits per heavy atom. The Kier molecular flexibility index (Phi) is 5.41. The molecule has 0 spiro atoms. The number of nitrogens with zero attached hydrogens (tertiary/aromatic N) is 1. The van der Waals surface area contributed by atoms with Crippen LogP contribution in [0.25, 0.3) is 0 Å². The highest BCUT2D eigenvalue weighted by Crippen LogP contribution is 2.22. The molecular weight excluding hydrogens is 323 g/mol. The molecule has 114 valence electrons. The Labute approximate surface area is 138 Å². The molecule has 0 aliphatic heterocycles. The Hall–Kier alpha value is -2.04. The minimum atomic E-state index is -0.336. The van der Waals surface area contributed by atoms with Gasteiger partial charge >= 0.3 is 0 Å². The predicted molar refractivity (Wildman–Crippen MR) is 89.6 cm³/mol. The van der Waals surface area contributed by atoms with E-state index in [9.17, 15) is 9.59 Å². The van der Waals surface area contributed by atoms with Gasteiger partial charge in [-0.3, -0.25) is 9.59 Å². The molecule has 0 bridgehead atoms. The third-order valence-electron chi connectivity index (χ3n) is 2.90. The summed E-state index contributed by atoms with van der Waals surface area (Å²) in [4.78, 5) is 25.3. The first-order chi connectivity index (χ1) is 10.5. The summed E-state index contributed by atoms with van der Waals surface area (Å²) in [5, 5.41) is 3.53. The molecule has 0 unspecified atom stereocenters. The second-order valence-electron chi connectivity index (χ2n) is 4.65. The first-order valence-electron chi connectivity index (χ1n) is 6.55. The highest BCUT2D eigenvalue weighted by atomic mass is 35.5. The fraction of sp³-hybridized carbons (Fsp3) is 0.125. The lowest BCUT2D eigenvalue weighted by Gasteiger charge is -2.20. The lowest BCUT2D eigenvalue weighted by molar-refractivity contribution is -0.120. The van der Waals surface area contributed by atoms with Crippen LogP contribution in [0, 0.1) is 0 Å². The SMILES string of the molecule is CC(=O)N(CC(=O)Nc1cc(Cl)cc(Cl)c1)c1ccccc1. The second kappa shape index (κ2) is 7.29. The van der Waals surface area contributed by atoms with Gasteiger partial charge in [0.1, 0.15) is 6.54 Å². The summed E-state index contributed by atoms with van der Waals surface area (Å²) in [7, 11) is 0. The lowest BCUT2D eigenvalue weighted by Crippen LogP contribution is -2.36. The van der Waals surface area contributed by atoms with E-state index in [1.807, 2.05) is 6.07 Å². The maximum atomic E-state index is 12.1. The monoisotopic (exact) mass is 336 g/mol. The normalized spacial score (nSPS) is 10.1. The van der Waals surface area contributed by atoms with E-state index in [0.29, 0.717) is 21.4 Å². The van der Waals surface area contributed by atoms with Crippen molar-refractivity contribution in [1.29, 1.82) is 0 Å². The number of carbonyl (C=O) groups excluding carboxylic acids is 2. The van der Waals surface area contributed by atoms with Crippen LogP contribution >= 0.6 is 23.2 Å². The van der Waals surface area contributed by atoms with Gasteiger partial charge in [-0.15, -0.1) is 0 Å². The van der Waals surface area contributed by atoms with Crippen LogP contribution < -0.4 is 10.2 Å². The van der Waals surface area contributed by atoms with Crippen LogP contribution in [-0.2, 0) is 9.59 Å². The molecule has 0 saturated heterocycles. The zero-order valence-corrected chi connectivity index (χ0v) is 13.4. The van der Waals surface area contributed by atoms with E-state index in [1.54, 1.807) is 42.5 Å². The van der Waals surface area contributed by atoms with Gasteiger partial charge in [-0.1, -0.05) is 41.4 Å². The van der Waals surface area contributed by atoms with Crippen molar-refractivity contribution >= 4 is 46.4 Å². The summed E-state index contributed by atoms with van der Waals surface area (Å²) in [6, 6.07) is 13.7. The molecule has 0 fully saturated rings. The third-order valence-corrected chi connectivity index (χ3v) is 3.33. The molecule has 4 nitrogen and oxygen atoms in total. The van der Waals surface area contributed by atoms with Crippen molar-refractivity contribution in [3.8, 4) is 0 Å². The van der Waals surface area contributed by atoms with Gasteiger partial charge in [-0.05, 0) is 30.3 Å². The van der Waals surface area contributed by atoms with Crippen LogP contribution in [0.1, 0.15) is 6.92 Å². The summed E-state index contributed by atoms with van der Waals surface area (Å²) in [6.45, 7) is 1.32. The minimum Gasteiger partial charge on any atom is -0.324 e. The molecule has 22 heavy (non-hydrogen) atoms. The van der Waals surface area contributed by atoms with Gasteiger partial charge in [0.2, 0.25) is 11.8 Å². The molecule has 1 N–H and O–H groups in total. The molecule has 0 heterocycles. The van der Waals surface area contributed by atoms with Gasteiger partial charge in [0, 0.05) is 28.3 Å². The number of hydrogen-bond acceptors (Lipinski definition) is 2. The lowest BCUT2D eigenvalue weighted by atomic mass is 10.2. The fourth-order valence-electron chi connectivity index (χ4n) is 1.96. The Bertz CT molecular complexity index is 670. The number of carbonyl (C=O) groups is 2. The number of halogens is 2. The van der Waals surface area contributed by atoms with Crippen molar-refractivity contribution in [2.24, 2.45) is 0 Å². The van der Waals surface area contributed by atoms with Crippen LogP contribution in [0.2, 0.25) is 10.0 Å². The zero-order chi connectivity index (χ0) is 16.1. The number of benzene rings is 2. The summed E-state index contributed by atoms with van der Waals surface area (Å²) < 4.78 is 0. The van der Waals surface area contributed by atoms with E-state index in [0.717, 1.165) is 0 Å². The number of nitrogens with one attached hydrogen (secondary N) is 1. The van der Waals surface area contributed by atoms with E-state index in [2.05, 4.69) is 5.32 Å². The second-order valence-corrected chi connectivity index (χ2v) is 5.52. The fourth-order valence-corrected chi connectivity index (χ4v) is 2.49. The highest BCUT2D eigenvalue weighted by molar-refractivity contribution is 6.35. The van der Waals surface area contributed by atoms with Crippen molar-refractivity contribution < 1.29 is 9.59 Å². The molecule has 0 radical (unpaired) electrons. The van der Waals surface area contributed by atoms with Gasteiger partial charge in [0.05, 0.1) is 0 Å². The number of para-hydroxylation sites is 1. The first-order valence-corrected chi connectivity index (χ1v) is 7.30. The summed E-state index contributed by atoms with van der Waals surface area (Å²) in [5.41, 5.74) is 1.15. The average Bonchev–Trinajstić information content (AvgIpc) is 2.44. The van der Waals surface area contributed by atoms with Crippen molar-refractivity contribution in [1.82, 2.24) is 0 Å². The van der Waals surface area contributed by atoms with E-state index in [-0.39, 0.29) is 18.4 Å². The molecule has 0 aliphatic carbocycles. The van der Waals surface area contributed by atoms with Crippen LogP contribution in [0.5, 0.6) is 0 Å². The number of hydrogen-bond donors (Lipinski definition) is 1. The molecule has 2 amide bonds. The Morgan fingerprint density at radius 1 is 1.05 bits per heavy atom. The van der Waals surface area contributed by atoms with Crippen molar-refractivity contribution in [2.75, 3.05) is 16.8 Å². The van der Waals surface area contributed by atoms with Crippen molar-refractivity contribution in [3.05, 3.63) is 58.6 Å². The molecule has 0 atom stereocenters. The summed E-state index contributed by atoms with van der Waals surface area (Å²) >= 11 is 11.8. The standard InChI is InChI=1S/C16H14Cl2N2O2/c1-11(21)20(15-5-3-2-4-6-15)10-16(22)19-14-8-12(17)7-13(18)9-14/h2-9H,10H2,1H3,(H,19,22). The molecule has 6 heteroatoms. The Balaban J connectivity index is 2.10. The molecule has 0 aliphatic rings. The summed E-state index contributed by atoms with van der Waals surface area (Å²) in [5.74, 6) is -0.553. The number of amides is 2. The van der Waals surface area contributed by atoms with E-state index in [1.165, 1.54) is 11.8 Å². The van der Waals surface area contributed by atoms with Gasteiger partial charge in [-0.2, -0.15) is 0 Å². The molecule has 0 saturated carbocycles. The largest absolute Gasteiger partial charge is 0.324 e. The van der Waals surface area contributed by atoms with Crippen LogP contribution in [0.4, 0.5) is 11.4 Å². The highest BCUT2D eigenvalue weighted by Gasteiger charge is 2.15. The maximum Gasteiger partial charge on any atom is 0.244 e. The molecule has 0 aromatic heterocycles. The predicted octanol–water partition coefficient (Wildman–Crippen LogP) is 3.99. The van der Waals surface area contributed by atoms with Crippen molar-refractivity contribution in [3.63, 3.8) is 0 Å². The molecule has 2 aromatic rings. The third kappa shape index (κ3) is 4.48. The Morgan fingerprint density at radius 2 is 1.64 bits per heavy atom. The van der Waals surface area contributed by atoms with Crippen molar-refractivity contribution in [2.45, 2.75) is 6.92 Å². The van der Waals surface area contributed by atoms with Gasteiger partial charge < -0.3 is 10.2 Å². The smallest absolute Gasteiger partial charge is 0.244 e.